The van der Waals surface area contributed by atoms with E-state index in [1.807, 2.05) is 13.8 Å². The molecule has 46 heavy (non-hydrogen) atoms. The van der Waals surface area contributed by atoms with E-state index in [0.717, 1.165) is 22.8 Å². The van der Waals surface area contributed by atoms with Crippen LogP contribution in [0.2, 0.25) is 5.02 Å². The number of piperazine rings is 1. The third-order valence-corrected chi connectivity index (χ3v) is 10.8. The maximum atomic E-state index is 17.0. The van der Waals surface area contributed by atoms with Crippen molar-refractivity contribution in [3.8, 4) is 22.6 Å². The van der Waals surface area contributed by atoms with Crippen LogP contribution in [0.1, 0.15) is 37.9 Å². The second-order valence-electron chi connectivity index (χ2n) is 11.9. The Balaban J connectivity index is 1.86. The van der Waals surface area contributed by atoms with Crippen molar-refractivity contribution in [1.82, 2.24) is 19.4 Å². The molecule has 4 aromatic rings. The zero-order valence-electron chi connectivity index (χ0n) is 25.4. The number of carbonyl (C=O) groups excluding carboxylic acids is 1. The summed E-state index contributed by atoms with van der Waals surface area (Å²) in [5, 5.41) is 9.97. The normalized spacial score (nSPS) is 18.9. The molecule has 0 bridgehead atoms. The molecule has 1 N–H and O–H groups in total. The summed E-state index contributed by atoms with van der Waals surface area (Å²) in [5.74, 6) is -4.60. The summed E-state index contributed by atoms with van der Waals surface area (Å²) in [4.78, 5) is 38.0. The molecule has 0 spiro atoms. The van der Waals surface area contributed by atoms with E-state index < -0.39 is 77.7 Å². The van der Waals surface area contributed by atoms with E-state index >= 15 is 8.78 Å². The third kappa shape index (κ3) is 4.66. The number of pyridine rings is 1. The number of phenolic OH excluding ortho intramolecular Hbond substituents is 1. The molecule has 4 heterocycles. The number of fused-ring (bicyclic) bond motifs is 2. The van der Waals surface area contributed by atoms with Gasteiger partial charge >= 0.3 is 5.69 Å². The number of sulfone groups is 1. The molecular formula is C32H30ClF2N5O5S. The highest BCUT2D eigenvalue weighted by Gasteiger charge is 2.45. The van der Waals surface area contributed by atoms with Crippen LogP contribution in [0.25, 0.3) is 27.7 Å². The molecule has 0 saturated carbocycles. The van der Waals surface area contributed by atoms with Gasteiger partial charge in [-0.3, -0.25) is 14.3 Å². The van der Waals surface area contributed by atoms with Crippen LogP contribution in [0.3, 0.4) is 0 Å². The van der Waals surface area contributed by atoms with Crippen molar-refractivity contribution in [2.75, 3.05) is 23.7 Å². The van der Waals surface area contributed by atoms with Gasteiger partial charge in [-0.05, 0) is 49.6 Å². The SMILES string of the molecule is C=CC(=O)N1CC(C)N2c3nc(=O)n(-c4c(C)ccnc4C(C)C)c4c(Cl)c(-c5c(O)cccc5F)c(F)c(c34)S(=O)(=O)CC2C1. The number of rotatable bonds is 4. The van der Waals surface area contributed by atoms with Crippen LogP contribution in [0.4, 0.5) is 14.6 Å². The Hall–Kier alpha value is -4.36. The van der Waals surface area contributed by atoms with Crippen LogP contribution < -0.4 is 10.6 Å². The number of benzene rings is 2. The molecule has 1 amide bonds. The molecule has 0 aliphatic carbocycles. The van der Waals surface area contributed by atoms with Crippen molar-refractivity contribution in [2.45, 2.75) is 50.6 Å². The third-order valence-electron chi connectivity index (χ3n) is 8.55. The fraction of sp³-hybridized carbons (Fsp3) is 0.312. The number of nitrogens with zero attached hydrogens (tertiary/aromatic N) is 5. The molecule has 2 atom stereocenters. The van der Waals surface area contributed by atoms with Gasteiger partial charge in [0.05, 0.1) is 44.7 Å². The number of aryl methyl sites for hydroxylation is 1. The summed E-state index contributed by atoms with van der Waals surface area (Å²) in [6.45, 7) is 10.7. The summed E-state index contributed by atoms with van der Waals surface area (Å²) in [6.07, 6.45) is 2.68. The van der Waals surface area contributed by atoms with E-state index in [4.69, 9.17) is 11.6 Å². The van der Waals surface area contributed by atoms with Gasteiger partial charge in [-0.2, -0.15) is 4.98 Å². The highest BCUT2D eigenvalue weighted by molar-refractivity contribution is 7.91. The summed E-state index contributed by atoms with van der Waals surface area (Å²) in [5.41, 5.74) is -1.20. The molecular weight excluding hydrogens is 640 g/mol. The lowest BCUT2D eigenvalue weighted by molar-refractivity contribution is -0.127. The maximum absolute atomic E-state index is 17.0. The van der Waals surface area contributed by atoms with Crippen LogP contribution in [-0.4, -0.2) is 69.8 Å². The molecule has 2 aromatic heterocycles. The first-order valence-electron chi connectivity index (χ1n) is 14.5. The number of halogens is 3. The number of amides is 1. The van der Waals surface area contributed by atoms with E-state index in [-0.39, 0.29) is 41.4 Å². The smallest absolute Gasteiger partial charge is 0.354 e. The van der Waals surface area contributed by atoms with Crippen molar-refractivity contribution in [3.63, 3.8) is 0 Å². The second-order valence-corrected chi connectivity index (χ2v) is 14.2. The van der Waals surface area contributed by atoms with Gasteiger partial charge in [0.25, 0.3) is 0 Å². The van der Waals surface area contributed by atoms with Gasteiger partial charge < -0.3 is 14.9 Å². The molecule has 10 nitrogen and oxygen atoms in total. The number of hydrogen-bond acceptors (Lipinski definition) is 8. The highest BCUT2D eigenvalue weighted by Crippen LogP contribution is 2.49. The molecule has 2 aromatic carbocycles. The summed E-state index contributed by atoms with van der Waals surface area (Å²) < 4.78 is 62.1. The van der Waals surface area contributed by atoms with Crippen LogP contribution in [0.15, 0.2) is 52.8 Å². The Bertz CT molecular complexity index is 2130. The van der Waals surface area contributed by atoms with Crippen molar-refractivity contribution < 1.29 is 27.1 Å². The Morgan fingerprint density at radius 2 is 1.91 bits per heavy atom. The fourth-order valence-corrected chi connectivity index (χ4v) is 8.83. The lowest BCUT2D eigenvalue weighted by Crippen LogP contribution is -2.61. The van der Waals surface area contributed by atoms with Gasteiger partial charge in [0.2, 0.25) is 5.91 Å². The molecule has 14 heteroatoms. The molecule has 0 radical (unpaired) electrons. The molecule has 2 unspecified atom stereocenters. The van der Waals surface area contributed by atoms with Gasteiger partial charge in [0.1, 0.15) is 22.3 Å². The van der Waals surface area contributed by atoms with E-state index in [2.05, 4.69) is 16.5 Å². The maximum Gasteiger partial charge on any atom is 0.354 e. The Morgan fingerprint density at radius 3 is 2.57 bits per heavy atom. The topological polar surface area (TPSA) is 126 Å². The van der Waals surface area contributed by atoms with Gasteiger partial charge in [-0.25, -0.2) is 22.0 Å². The fourth-order valence-electron chi connectivity index (χ4n) is 6.66. The first-order chi connectivity index (χ1) is 21.7. The van der Waals surface area contributed by atoms with Crippen molar-refractivity contribution in [1.29, 1.82) is 0 Å². The predicted octanol–water partition coefficient (Wildman–Crippen LogP) is 4.90. The minimum atomic E-state index is -4.60. The highest BCUT2D eigenvalue weighted by atomic mass is 35.5. The van der Waals surface area contributed by atoms with Gasteiger partial charge in [-0.15, -0.1) is 0 Å². The Labute approximate surface area is 268 Å². The van der Waals surface area contributed by atoms with E-state index in [1.54, 1.807) is 31.0 Å². The number of hydrogen-bond donors (Lipinski definition) is 1. The molecule has 6 rings (SSSR count). The zero-order chi connectivity index (χ0) is 33.4. The van der Waals surface area contributed by atoms with Gasteiger partial charge in [0, 0.05) is 30.9 Å². The van der Waals surface area contributed by atoms with Crippen LogP contribution in [0, 0.1) is 18.6 Å². The lowest BCUT2D eigenvalue weighted by Gasteiger charge is -2.45. The number of phenols is 1. The average Bonchev–Trinajstić information content (AvgIpc) is 3.07. The minimum Gasteiger partial charge on any atom is -0.507 e. The average molecular weight is 670 g/mol. The first-order valence-corrected chi connectivity index (χ1v) is 16.6. The van der Waals surface area contributed by atoms with E-state index in [9.17, 15) is 23.1 Å². The van der Waals surface area contributed by atoms with Crippen LogP contribution >= 0.6 is 11.6 Å². The minimum absolute atomic E-state index is 0.0792. The predicted molar refractivity (Wildman–Crippen MR) is 171 cm³/mol. The van der Waals surface area contributed by atoms with Gasteiger partial charge in [-0.1, -0.05) is 38.1 Å². The van der Waals surface area contributed by atoms with Crippen molar-refractivity contribution >= 4 is 44.1 Å². The molecule has 2 aliphatic rings. The largest absolute Gasteiger partial charge is 0.507 e. The lowest BCUT2D eigenvalue weighted by atomic mass is 9.99. The van der Waals surface area contributed by atoms with E-state index in [1.165, 1.54) is 11.0 Å². The second kappa shape index (κ2) is 11.2. The standard InChI is InChI=1S/C32H30ClF2N5O5S/c1-6-21(42)38-12-17(5)39-18(13-38)14-46(44,45)30-24-29(25(33)23(26(30)35)22-19(34)8-7-9-20(22)41)40(32(43)37-31(24)39)28-16(4)10-11-36-27(28)15(2)3/h6-11,15,17-18,41H,1,12-14H2,2-5H3. The first kappa shape index (κ1) is 31.6. The Kier molecular flexibility index (Phi) is 7.67. The number of aromatic hydroxyl groups is 1. The van der Waals surface area contributed by atoms with E-state index in [0.29, 0.717) is 11.3 Å². The van der Waals surface area contributed by atoms with Crippen molar-refractivity contribution in [3.05, 3.63) is 81.5 Å². The van der Waals surface area contributed by atoms with Crippen LogP contribution in [0.5, 0.6) is 5.75 Å². The van der Waals surface area contributed by atoms with Crippen molar-refractivity contribution in [2.24, 2.45) is 0 Å². The molecule has 2 aliphatic heterocycles. The monoisotopic (exact) mass is 669 g/mol. The van der Waals surface area contributed by atoms with Crippen LogP contribution in [-0.2, 0) is 14.6 Å². The summed E-state index contributed by atoms with van der Waals surface area (Å²) in [6, 6.07) is 3.43. The Morgan fingerprint density at radius 1 is 1.20 bits per heavy atom. The molecule has 1 saturated heterocycles. The quantitative estimate of drug-likeness (QED) is 0.305. The molecule has 1 fully saturated rings. The summed E-state index contributed by atoms with van der Waals surface area (Å²) in [7, 11) is -4.60. The molecule has 240 valence electrons. The number of aromatic nitrogens is 3. The zero-order valence-corrected chi connectivity index (χ0v) is 27.0. The van der Waals surface area contributed by atoms with Gasteiger partial charge in [0.15, 0.2) is 15.7 Å². The summed E-state index contributed by atoms with van der Waals surface area (Å²) >= 11 is 7.00. The number of anilines is 1. The number of carbonyl (C=O) groups is 1.